The van der Waals surface area contributed by atoms with Crippen LogP contribution >= 0.6 is 23.2 Å². The van der Waals surface area contributed by atoms with E-state index in [-0.39, 0.29) is 22.9 Å². The van der Waals surface area contributed by atoms with Gasteiger partial charge in [-0.15, -0.1) is 0 Å². The first-order valence-electron chi connectivity index (χ1n) is 11.1. The largest absolute Gasteiger partial charge is 0.494 e. The summed E-state index contributed by atoms with van der Waals surface area (Å²) in [5.74, 6) is -0.0338. The Labute approximate surface area is 215 Å². The maximum atomic E-state index is 13.0. The first-order valence-corrected chi connectivity index (χ1v) is 11.8. The van der Waals surface area contributed by atoms with Crippen molar-refractivity contribution in [2.24, 2.45) is 0 Å². The van der Waals surface area contributed by atoms with E-state index >= 15 is 0 Å². The molecule has 182 valence electrons. The molecule has 0 saturated heterocycles. The van der Waals surface area contributed by atoms with Gasteiger partial charge in [-0.2, -0.15) is 0 Å². The first kappa shape index (κ1) is 26.3. The van der Waals surface area contributed by atoms with E-state index in [4.69, 9.17) is 37.4 Å². The molecule has 3 rings (SSSR count). The topological polar surface area (TPSA) is 61.8 Å². The van der Waals surface area contributed by atoms with Crippen LogP contribution in [0.25, 0.3) is 5.57 Å². The van der Waals surface area contributed by atoms with E-state index in [0.29, 0.717) is 33.7 Å². The van der Waals surface area contributed by atoms with Gasteiger partial charge in [-0.05, 0) is 52.9 Å². The number of ether oxygens (including phenoxy) is 3. The number of esters is 1. The number of carbonyl (C=O) groups is 2. The molecule has 0 radical (unpaired) electrons. The van der Waals surface area contributed by atoms with Gasteiger partial charge in [-0.25, -0.2) is 4.79 Å². The molecule has 0 aromatic heterocycles. The molecule has 0 amide bonds. The van der Waals surface area contributed by atoms with Gasteiger partial charge in [0.1, 0.15) is 17.9 Å². The molecular formula is C28H26Cl2O5. The Kier molecular flexibility index (Phi) is 9.35. The van der Waals surface area contributed by atoms with Crippen LogP contribution < -0.4 is 9.47 Å². The van der Waals surface area contributed by atoms with Gasteiger partial charge in [-0.1, -0.05) is 73.0 Å². The lowest BCUT2D eigenvalue weighted by atomic mass is 9.93. The lowest BCUT2D eigenvalue weighted by Crippen LogP contribution is -2.08. The minimum absolute atomic E-state index is 0.111. The maximum absolute atomic E-state index is 13.0. The fourth-order valence-corrected chi connectivity index (χ4v) is 4.27. The third-order valence-electron chi connectivity index (χ3n) is 5.34. The Morgan fingerprint density at radius 3 is 2.14 bits per heavy atom. The van der Waals surface area contributed by atoms with Crippen LogP contribution in [0, 0.1) is 0 Å². The quantitative estimate of drug-likeness (QED) is 0.209. The Morgan fingerprint density at radius 1 is 0.914 bits per heavy atom. The number of hydrogen-bond donors (Lipinski definition) is 0. The number of aldehydes is 1. The Morgan fingerprint density at radius 2 is 1.54 bits per heavy atom. The third kappa shape index (κ3) is 6.24. The first-order chi connectivity index (χ1) is 16.9. The van der Waals surface area contributed by atoms with Crippen molar-refractivity contribution in [1.29, 1.82) is 0 Å². The molecule has 0 N–H and O–H groups in total. The second kappa shape index (κ2) is 12.4. The summed E-state index contributed by atoms with van der Waals surface area (Å²) in [6.45, 7) is 2.17. The molecular weight excluding hydrogens is 487 g/mol. The number of allylic oxidation sites excluding steroid dienone is 1. The van der Waals surface area contributed by atoms with E-state index in [1.165, 1.54) is 14.2 Å². The monoisotopic (exact) mass is 512 g/mol. The average molecular weight is 513 g/mol. The van der Waals surface area contributed by atoms with E-state index in [9.17, 15) is 9.59 Å². The van der Waals surface area contributed by atoms with E-state index in [1.54, 1.807) is 24.3 Å². The van der Waals surface area contributed by atoms with Crippen LogP contribution in [-0.4, -0.2) is 26.5 Å². The second-order valence-corrected chi connectivity index (χ2v) is 8.52. The van der Waals surface area contributed by atoms with Crippen molar-refractivity contribution in [2.75, 3.05) is 14.2 Å². The molecule has 0 unspecified atom stereocenters. The molecule has 5 nitrogen and oxygen atoms in total. The zero-order chi connectivity index (χ0) is 25.4. The maximum Gasteiger partial charge on any atom is 0.342 e. The summed E-state index contributed by atoms with van der Waals surface area (Å²) in [5, 5.41) is 0.561. The highest BCUT2D eigenvalue weighted by molar-refractivity contribution is 6.33. The molecule has 7 heteroatoms. The summed E-state index contributed by atoms with van der Waals surface area (Å²) in [7, 11) is 2.90. The zero-order valence-corrected chi connectivity index (χ0v) is 21.3. The summed E-state index contributed by atoms with van der Waals surface area (Å²) in [4.78, 5) is 24.7. The van der Waals surface area contributed by atoms with Gasteiger partial charge in [0.2, 0.25) is 0 Å². The van der Waals surface area contributed by atoms with Crippen molar-refractivity contribution in [3.63, 3.8) is 0 Å². The van der Waals surface area contributed by atoms with Crippen LogP contribution in [0.2, 0.25) is 10.0 Å². The minimum atomic E-state index is -0.564. The average Bonchev–Trinajstić information content (AvgIpc) is 2.87. The molecule has 0 saturated carbocycles. The van der Waals surface area contributed by atoms with Gasteiger partial charge >= 0.3 is 5.97 Å². The van der Waals surface area contributed by atoms with Gasteiger partial charge in [0.05, 0.1) is 29.8 Å². The predicted octanol–water partition coefficient (Wildman–Crippen LogP) is 7.41. The summed E-state index contributed by atoms with van der Waals surface area (Å²) in [6.07, 6.45) is 4.36. The highest BCUT2D eigenvalue weighted by Crippen LogP contribution is 2.38. The second-order valence-electron chi connectivity index (χ2n) is 7.71. The molecule has 0 aliphatic carbocycles. The molecule has 3 aromatic rings. The van der Waals surface area contributed by atoms with Gasteiger partial charge in [0, 0.05) is 0 Å². The van der Waals surface area contributed by atoms with Crippen molar-refractivity contribution in [3.8, 4) is 11.5 Å². The summed E-state index contributed by atoms with van der Waals surface area (Å²) in [5.41, 5.74) is 3.49. The van der Waals surface area contributed by atoms with E-state index in [0.717, 1.165) is 24.0 Å². The van der Waals surface area contributed by atoms with E-state index in [2.05, 4.69) is 6.92 Å². The normalized spacial score (nSPS) is 11.2. The Balaban J connectivity index is 2.08. The number of benzene rings is 3. The highest BCUT2D eigenvalue weighted by atomic mass is 35.5. The Hall–Kier alpha value is -3.28. The molecule has 0 spiro atoms. The number of hydrogen-bond acceptors (Lipinski definition) is 5. The van der Waals surface area contributed by atoms with Crippen molar-refractivity contribution >= 4 is 41.0 Å². The highest BCUT2D eigenvalue weighted by Gasteiger charge is 2.21. The van der Waals surface area contributed by atoms with Crippen molar-refractivity contribution in [1.82, 2.24) is 0 Å². The van der Waals surface area contributed by atoms with Crippen LogP contribution in [0.5, 0.6) is 11.5 Å². The number of rotatable bonds is 10. The fraction of sp³-hybridized carbons (Fsp3) is 0.214. The predicted molar refractivity (Wildman–Crippen MR) is 139 cm³/mol. The number of unbranched alkanes of at least 4 members (excludes halogenated alkanes) is 1. The molecule has 0 atom stereocenters. The molecule has 0 heterocycles. The van der Waals surface area contributed by atoms with Crippen LogP contribution in [0.4, 0.5) is 0 Å². The number of carbonyl (C=O) groups excluding carboxylic acids is 2. The smallest absolute Gasteiger partial charge is 0.342 e. The molecule has 3 aromatic carbocycles. The van der Waals surface area contributed by atoms with E-state index < -0.39 is 5.97 Å². The summed E-state index contributed by atoms with van der Waals surface area (Å²) in [6, 6.07) is 16.2. The Bertz CT molecular complexity index is 1240. The lowest BCUT2D eigenvalue weighted by molar-refractivity contribution is 0.0469. The van der Waals surface area contributed by atoms with Gasteiger partial charge in [0.15, 0.2) is 12.0 Å². The van der Waals surface area contributed by atoms with E-state index in [1.807, 2.05) is 36.4 Å². The summed E-state index contributed by atoms with van der Waals surface area (Å²) >= 11 is 12.9. The van der Waals surface area contributed by atoms with Crippen LogP contribution in [0.1, 0.15) is 57.2 Å². The number of halogens is 2. The zero-order valence-electron chi connectivity index (χ0n) is 19.8. The molecule has 0 fully saturated rings. The van der Waals surface area contributed by atoms with Gasteiger partial charge in [0.25, 0.3) is 0 Å². The van der Waals surface area contributed by atoms with Gasteiger partial charge < -0.3 is 14.2 Å². The number of methoxy groups -OCH3 is 2. The molecule has 0 aliphatic heterocycles. The molecule has 0 bridgehead atoms. The molecule has 35 heavy (non-hydrogen) atoms. The minimum Gasteiger partial charge on any atom is -0.494 e. The lowest BCUT2D eigenvalue weighted by Gasteiger charge is -2.16. The SMILES string of the molecule is CCC/C=C(\c1cc(Cl)c(OC)c(C=O)c1)c1cc(Cl)c(OC)c(C(=O)OCc2ccccc2)c1. The van der Waals surface area contributed by atoms with Crippen LogP contribution in [-0.2, 0) is 11.3 Å². The van der Waals surface area contributed by atoms with Crippen molar-refractivity contribution in [2.45, 2.75) is 26.4 Å². The fourth-order valence-electron chi connectivity index (χ4n) is 3.67. The third-order valence-corrected chi connectivity index (χ3v) is 5.90. The van der Waals surface area contributed by atoms with Gasteiger partial charge in [-0.3, -0.25) is 4.79 Å². The molecule has 0 aliphatic rings. The van der Waals surface area contributed by atoms with Crippen LogP contribution in [0.15, 0.2) is 60.7 Å². The summed E-state index contributed by atoms with van der Waals surface area (Å²) < 4.78 is 16.2. The van der Waals surface area contributed by atoms with Crippen LogP contribution in [0.3, 0.4) is 0 Å². The van der Waals surface area contributed by atoms with Crippen molar-refractivity contribution < 1.29 is 23.8 Å². The standard InChI is InChI=1S/C28H26Cl2O5/c1-4-5-11-22(19-12-21(16-31)26(33-2)24(29)14-19)20-13-23(27(34-3)25(30)15-20)28(32)35-17-18-9-7-6-8-10-18/h6-16H,4-5,17H2,1-3H3/b22-11+. The van der Waals surface area contributed by atoms with Crippen molar-refractivity contribution in [3.05, 3.63) is 98.5 Å².